The lowest BCUT2D eigenvalue weighted by molar-refractivity contribution is -0.139. The van der Waals surface area contributed by atoms with Crippen LogP contribution < -0.4 is 5.73 Å². The molecule has 0 saturated carbocycles. The van der Waals surface area contributed by atoms with Gasteiger partial charge in [-0.05, 0) is 19.3 Å². The molecule has 0 bridgehead atoms. The van der Waals surface area contributed by atoms with Crippen LogP contribution in [0.3, 0.4) is 0 Å². The zero-order chi connectivity index (χ0) is 15.4. The highest BCUT2D eigenvalue weighted by Gasteiger charge is 2.37. The number of nitrogens with two attached hydrogens (primary N) is 1. The van der Waals surface area contributed by atoms with E-state index >= 15 is 0 Å². The Bertz CT molecular complexity index is 383. The summed E-state index contributed by atoms with van der Waals surface area (Å²) in [5.74, 6) is 0.321. The molecule has 2 heterocycles. The average Bonchev–Trinajstić information content (AvgIpc) is 2.96. The van der Waals surface area contributed by atoms with E-state index in [1.807, 2.05) is 4.90 Å². The molecule has 0 spiro atoms. The van der Waals surface area contributed by atoms with Gasteiger partial charge in [0.25, 0.3) is 0 Å². The van der Waals surface area contributed by atoms with Gasteiger partial charge in [-0.25, -0.2) is 0 Å². The molecule has 3 unspecified atom stereocenters. The largest absolute Gasteiger partial charge is 0.392 e. The van der Waals surface area contributed by atoms with Crippen LogP contribution >= 0.6 is 12.2 Å². The minimum atomic E-state index is 0.0547. The molecule has 2 aliphatic heterocycles. The van der Waals surface area contributed by atoms with E-state index in [1.165, 1.54) is 0 Å². The third kappa shape index (κ3) is 3.73. The van der Waals surface area contributed by atoms with Crippen LogP contribution in [0.5, 0.6) is 0 Å². The third-order valence-electron chi connectivity index (χ3n) is 4.71. The Morgan fingerprint density at radius 2 is 2.00 bits per heavy atom. The van der Waals surface area contributed by atoms with E-state index in [9.17, 15) is 4.79 Å². The fourth-order valence-corrected chi connectivity index (χ4v) is 3.78. The van der Waals surface area contributed by atoms with Crippen molar-refractivity contribution in [2.75, 3.05) is 32.8 Å². The number of carbonyl (C=O) groups excluding carboxylic acids is 1. The molecule has 2 fully saturated rings. The number of piperazine rings is 1. The molecule has 3 atom stereocenters. The van der Waals surface area contributed by atoms with Gasteiger partial charge in [-0.3, -0.25) is 9.69 Å². The van der Waals surface area contributed by atoms with Gasteiger partial charge >= 0.3 is 0 Å². The molecule has 0 aromatic rings. The Kier molecular flexibility index (Phi) is 5.96. The molecule has 21 heavy (non-hydrogen) atoms. The molecule has 2 rings (SSSR count). The number of nitrogens with zero attached hydrogens (tertiary/aromatic N) is 2. The molecule has 2 saturated heterocycles. The van der Waals surface area contributed by atoms with Crippen LogP contribution in [0.15, 0.2) is 0 Å². The number of ether oxygens (including phenoxy) is 1. The molecule has 0 aromatic heterocycles. The summed E-state index contributed by atoms with van der Waals surface area (Å²) in [7, 11) is 0. The Morgan fingerprint density at radius 1 is 1.33 bits per heavy atom. The van der Waals surface area contributed by atoms with Crippen LogP contribution in [0.2, 0.25) is 0 Å². The Morgan fingerprint density at radius 3 is 2.52 bits per heavy atom. The smallest absolute Gasteiger partial charge is 0.228 e. The van der Waals surface area contributed by atoms with Crippen LogP contribution in [0, 0.1) is 5.92 Å². The van der Waals surface area contributed by atoms with E-state index < -0.39 is 0 Å². The van der Waals surface area contributed by atoms with Crippen molar-refractivity contribution in [2.24, 2.45) is 11.7 Å². The molecular weight excluding hydrogens is 286 g/mol. The number of amides is 1. The highest BCUT2D eigenvalue weighted by molar-refractivity contribution is 7.80. The average molecular weight is 313 g/mol. The Hall–Kier alpha value is -0.720. The lowest BCUT2D eigenvalue weighted by Gasteiger charge is -2.39. The maximum atomic E-state index is 12.6. The standard InChI is InChI=1S/C15H27N3O2S/c1-3-12(14(16)21)17-6-8-18(9-7-17)15(19)11-5-10-20-13(11)4-2/h11-13H,3-10H2,1-2H3,(H2,16,21). The van der Waals surface area contributed by atoms with Crippen molar-refractivity contribution in [1.29, 1.82) is 0 Å². The predicted molar refractivity (Wildman–Crippen MR) is 87.2 cm³/mol. The van der Waals surface area contributed by atoms with Crippen molar-refractivity contribution in [3.8, 4) is 0 Å². The van der Waals surface area contributed by atoms with E-state index in [2.05, 4.69) is 18.7 Å². The van der Waals surface area contributed by atoms with Gasteiger partial charge in [-0.1, -0.05) is 26.1 Å². The molecule has 0 aliphatic carbocycles. The highest BCUT2D eigenvalue weighted by Crippen LogP contribution is 2.26. The lowest BCUT2D eigenvalue weighted by atomic mass is 9.97. The SMILES string of the molecule is CCC1OCCC1C(=O)N1CCN(C(CC)C(N)=S)CC1. The number of hydrogen-bond donors (Lipinski definition) is 1. The number of carbonyl (C=O) groups is 1. The molecule has 1 amide bonds. The zero-order valence-electron chi connectivity index (χ0n) is 13.1. The summed E-state index contributed by atoms with van der Waals surface area (Å²) in [6, 6.07) is 0.162. The van der Waals surface area contributed by atoms with E-state index in [0.717, 1.165) is 45.4 Å². The van der Waals surface area contributed by atoms with Crippen molar-refractivity contribution in [2.45, 2.75) is 45.3 Å². The molecule has 0 aromatic carbocycles. The minimum absolute atomic E-state index is 0.0547. The summed E-state index contributed by atoms with van der Waals surface area (Å²) in [5, 5.41) is 0. The summed E-state index contributed by atoms with van der Waals surface area (Å²) < 4.78 is 5.64. The fraction of sp³-hybridized carbons (Fsp3) is 0.867. The summed E-state index contributed by atoms with van der Waals surface area (Å²) in [4.78, 5) is 17.5. The van der Waals surface area contributed by atoms with E-state index in [1.54, 1.807) is 0 Å². The monoisotopic (exact) mass is 313 g/mol. The molecule has 2 aliphatic rings. The summed E-state index contributed by atoms with van der Waals surface area (Å²) in [6.45, 7) is 8.15. The van der Waals surface area contributed by atoms with Gasteiger partial charge in [0.15, 0.2) is 0 Å². The number of hydrogen-bond acceptors (Lipinski definition) is 4. The molecule has 120 valence electrons. The first-order valence-corrected chi connectivity index (χ1v) is 8.43. The van der Waals surface area contributed by atoms with Crippen LogP contribution in [0.25, 0.3) is 0 Å². The highest BCUT2D eigenvalue weighted by atomic mass is 32.1. The second kappa shape index (κ2) is 7.51. The molecular formula is C15H27N3O2S. The first kappa shape index (κ1) is 16.6. The number of rotatable bonds is 5. The summed E-state index contributed by atoms with van der Waals surface area (Å²) in [6.07, 6.45) is 2.81. The Labute approximate surface area is 132 Å². The normalized spacial score (nSPS) is 28.6. The number of thiocarbonyl (C=S) groups is 1. The molecule has 6 heteroatoms. The van der Waals surface area contributed by atoms with Crippen molar-refractivity contribution in [1.82, 2.24) is 9.80 Å². The van der Waals surface area contributed by atoms with Gasteiger partial charge in [0.1, 0.15) is 0 Å². The maximum Gasteiger partial charge on any atom is 0.228 e. The van der Waals surface area contributed by atoms with Crippen molar-refractivity contribution in [3.63, 3.8) is 0 Å². The van der Waals surface area contributed by atoms with Gasteiger partial charge in [0.2, 0.25) is 5.91 Å². The first-order chi connectivity index (χ1) is 10.1. The van der Waals surface area contributed by atoms with Crippen LogP contribution in [-0.4, -0.2) is 65.6 Å². The quantitative estimate of drug-likeness (QED) is 0.768. The Balaban J connectivity index is 1.88. The third-order valence-corrected chi connectivity index (χ3v) is 4.98. The van der Waals surface area contributed by atoms with Gasteiger partial charge in [-0.15, -0.1) is 0 Å². The molecule has 2 N–H and O–H groups in total. The lowest BCUT2D eigenvalue weighted by Crippen LogP contribution is -2.55. The maximum absolute atomic E-state index is 12.6. The minimum Gasteiger partial charge on any atom is -0.392 e. The van der Waals surface area contributed by atoms with Gasteiger partial charge in [0, 0.05) is 32.8 Å². The van der Waals surface area contributed by atoms with Gasteiger partial charge in [0.05, 0.1) is 23.1 Å². The first-order valence-electron chi connectivity index (χ1n) is 8.02. The van der Waals surface area contributed by atoms with Gasteiger partial charge < -0.3 is 15.4 Å². The topological polar surface area (TPSA) is 58.8 Å². The molecule has 5 nitrogen and oxygen atoms in total. The van der Waals surface area contributed by atoms with Crippen molar-refractivity contribution in [3.05, 3.63) is 0 Å². The van der Waals surface area contributed by atoms with Gasteiger partial charge in [-0.2, -0.15) is 0 Å². The van der Waals surface area contributed by atoms with E-state index in [4.69, 9.17) is 22.7 Å². The second-order valence-corrected chi connectivity index (χ2v) is 6.37. The van der Waals surface area contributed by atoms with Crippen molar-refractivity contribution >= 4 is 23.1 Å². The van der Waals surface area contributed by atoms with Crippen LogP contribution in [0.1, 0.15) is 33.1 Å². The predicted octanol–water partition coefficient (Wildman–Crippen LogP) is 1.01. The van der Waals surface area contributed by atoms with E-state index in [0.29, 0.717) is 11.6 Å². The van der Waals surface area contributed by atoms with Crippen LogP contribution in [-0.2, 0) is 9.53 Å². The summed E-state index contributed by atoms with van der Waals surface area (Å²) in [5.41, 5.74) is 5.80. The molecule has 0 radical (unpaired) electrons. The summed E-state index contributed by atoms with van der Waals surface area (Å²) >= 11 is 5.14. The second-order valence-electron chi connectivity index (χ2n) is 5.90. The zero-order valence-corrected chi connectivity index (χ0v) is 13.9. The fourth-order valence-electron chi connectivity index (χ4n) is 3.46. The van der Waals surface area contributed by atoms with Crippen molar-refractivity contribution < 1.29 is 9.53 Å². The van der Waals surface area contributed by atoms with Crippen LogP contribution in [0.4, 0.5) is 0 Å². The van der Waals surface area contributed by atoms with E-state index in [-0.39, 0.29) is 24.0 Å².